The lowest BCUT2D eigenvalue weighted by Gasteiger charge is -2.25. The molecule has 266 valence electrons. The van der Waals surface area contributed by atoms with Gasteiger partial charge in [-0.2, -0.15) is 26.3 Å². The van der Waals surface area contributed by atoms with Crippen LogP contribution < -0.4 is 0 Å². The summed E-state index contributed by atoms with van der Waals surface area (Å²) in [4.78, 5) is 1.46. The van der Waals surface area contributed by atoms with E-state index in [-0.39, 0.29) is 20.9 Å². The van der Waals surface area contributed by atoms with E-state index in [0.717, 1.165) is 46.6 Å². The van der Waals surface area contributed by atoms with E-state index in [2.05, 4.69) is 19.6 Å². The molecule has 0 atom stereocenters. The molecule has 1 aliphatic carbocycles. The predicted octanol–water partition coefficient (Wildman–Crippen LogP) is 12.9. The lowest BCUT2D eigenvalue weighted by molar-refractivity contribution is -0.254. The Morgan fingerprint density at radius 2 is 1.12 bits per heavy atom. The summed E-state index contributed by atoms with van der Waals surface area (Å²) in [7, 11) is 0. The number of unbranched alkanes of at least 4 members (excludes halogenated alkanes) is 3. The molecule has 1 aliphatic rings. The smallest absolute Gasteiger partial charge is 0.373 e. The Hall–Kier alpha value is -3.44. The first-order chi connectivity index (χ1) is 23.8. The fourth-order valence-corrected chi connectivity index (χ4v) is 7.97. The maximum Gasteiger partial charge on any atom is 0.380 e. The first kappa shape index (κ1) is 37.8. The van der Waals surface area contributed by atoms with Crippen molar-refractivity contribution < 1.29 is 35.8 Å². The van der Waals surface area contributed by atoms with Crippen LogP contribution >= 0.6 is 22.7 Å². The molecule has 50 heavy (non-hydrogen) atoms. The van der Waals surface area contributed by atoms with Gasteiger partial charge in [-0.25, -0.2) is 0 Å². The number of benzene rings is 2. The summed E-state index contributed by atoms with van der Waals surface area (Å²) < 4.78 is 104. The number of rotatable bonds is 16. The fourth-order valence-electron chi connectivity index (χ4n) is 5.91. The van der Waals surface area contributed by atoms with Gasteiger partial charge in [0, 0.05) is 30.7 Å². The van der Waals surface area contributed by atoms with E-state index < -0.39 is 28.9 Å². The van der Waals surface area contributed by atoms with Crippen molar-refractivity contribution in [3.63, 3.8) is 0 Å². The molecule has 0 radical (unpaired) electrons. The van der Waals surface area contributed by atoms with E-state index in [1.807, 2.05) is 18.2 Å². The highest BCUT2D eigenvalue weighted by molar-refractivity contribution is 7.16. The molecule has 2 aromatic heterocycles. The number of aryl methyl sites for hydroxylation is 2. The minimum atomic E-state index is -5.63. The van der Waals surface area contributed by atoms with Crippen LogP contribution in [-0.4, -0.2) is 31.0 Å². The summed E-state index contributed by atoms with van der Waals surface area (Å²) in [5.41, 5.74) is -0.234. The molecule has 0 bridgehead atoms. The third-order valence-electron chi connectivity index (χ3n) is 8.65. The average molecular weight is 731 g/mol. The Morgan fingerprint density at radius 3 is 1.56 bits per heavy atom. The zero-order valence-electron chi connectivity index (χ0n) is 28.3. The molecule has 10 heteroatoms. The van der Waals surface area contributed by atoms with Crippen molar-refractivity contribution in [3.05, 3.63) is 117 Å². The average Bonchev–Trinajstić information content (AvgIpc) is 3.69. The maximum atomic E-state index is 15.7. The van der Waals surface area contributed by atoms with E-state index in [9.17, 15) is 0 Å². The number of ether oxygens (including phenoxy) is 2. The second-order valence-electron chi connectivity index (χ2n) is 12.3. The molecule has 5 rings (SSSR count). The molecule has 2 nitrogen and oxygen atoms in total. The summed E-state index contributed by atoms with van der Waals surface area (Å²) in [6, 6.07) is 17.0. The van der Waals surface area contributed by atoms with Crippen LogP contribution in [0.3, 0.4) is 0 Å². The first-order valence-corrected chi connectivity index (χ1v) is 18.2. The zero-order valence-corrected chi connectivity index (χ0v) is 29.9. The molecule has 0 unspecified atom stereocenters. The summed E-state index contributed by atoms with van der Waals surface area (Å²) in [5.74, 6) is -15.9. The van der Waals surface area contributed by atoms with Crippen molar-refractivity contribution in [2.75, 3.05) is 13.2 Å². The summed E-state index contributed by atoms with van der Waals surface area (Å²) in [5, 5.41) is 0. The molecule has 2 heterocycles. The molecule has 0 fully saturated rings. The largest absolute Gasteiger partial charge is 0.380 e. The molecule has 0 saturated carbocycles. The Labute approximate surface area is 297 Å². The summed E-state index contributed by atoms with van der Waals surface area (Å²) >= 11 is 2.18. The van der Waals surface area contributed by atoms with Crippen LogP contribution in [0.1, 0.15) is 64.6 Å². The highest BCUT2D eigenvalue weighted by Gasteiger charge is 2.80. The fraction of sp³-hybridized carbons (Fsp3) is 0.350. The van der Waals surface area contributed by atoms with Crippen LogP contribution in [0.15, 0.2) is 85.5 Å². The Balaban J connectivity index is 1.44. The van der Waals surface area contributed by atoms with E-state index >= 15 is 26.3 Å². The van der Waals surface area contributed by atoms with Crippen molar-refractivity contribution >= 4 is 33.8 Å². The van der Waals surface area contributed by atoms with Gasteiger partial charge < -0.3 is 9.47 Å². The molecule has 0 saturated heterocycles. The van der Waals surface area contributed by atoms with Gasteiger partial charge in [-0.15, -0.1) is 29.3 Å². The highest BCUT2D eigenvalue weighted by atomic mass is 32.1. The van der Waals surface area contributed by atoms with Crippen molar-refractivity contribution in [2.45, 2.75) is 77.4 Å². The number of allylic oxidation sites excluding steroid dienone is 3. The minimum absolute atomic E-state index is 0.233. The third kappa shape index (κ3) is 7.59. The maximum absolute atomic E-state index is 15.7. The number of thiophene rings is 2. The third-order valence-corrected chi connectivity index (χ3v) is 10.8. The van der Waals surface area contributed by atoms with Gasteiger partial charge in [0.2, 0.25) is 0 Å². The van der Waals surface area contributed by atoms with Crippen LogP contribution in [-0.2, 0) is 22.7 Å². The first-order valence-electron chi connectivity index (χ1n) is 16.5. The van der Waals surface area contributed by atoms with E-state index in [0.29, 0.717) is 47.3 Å². The monoisotopic (exact) mass is 730 g/mol. The van der Waals surface area contributed by atoms with Gasteiger partial charge in [-0.3, -0.25) is 0 Å². The molecule has 0 aliphatic heterocycles. The molecule has 0 spiro atoms. The van der Waals surface area contributed by atoms with Crippen molar-refractivity contribution in [1.82, 2.24) is 0 Å². The number of hydrogen-bond donors (Lipinski definition) is 0. The number of alkyl halides is 6. The van der Waals surface area contributed by atoms with E-state index in [1.165, 1.54) is 38.8 Å². The van der Waals surface area contributed by atoms with Crippen molar-refractivity contribution in [1.29, 1.82) is 0 Å². The summed E-state index contributed by atoms with van der Waals surface area (Å²) in [6.07, 6.45) is 10.3. The van der Waals surface area contributed by atoms with Crippen LogP contribution in [0.5, 0.6) is 0 Å². The van der Waals surface area contributed by atoms with Crippen LogP contribution in [0.25, 0.3) is 32.0 Å². The van der Waals surface area contributed by atoms with E-state index in [4.69, 9.17) is 9.47 Å². The van der Waals surface area contributed by atoms with Crippen molar-refractivity contribution in [2.24, 2.45) is 0 Å². The second kappa shape index (κ2) is 15.8. The molecule has 4 aromatic rings. The van der Waals surface area contributed by atoms with Crippen LogP contribution in [0, 0.1) is 13.8 Å². The number of halogens is 6. The molecule has 0 N–H and O–H groups in total. The number of hydrogen-bond acceptors (Lipinski definition) is 4. The molecular formula is C40H40F6O2S2. The SMILES string of the molecule is C=CCOCc1ccc(-c2cc(C3=C(c4cc(-c5ccc(COC/C=C/CCCCC)cc5)sc4C)C(F)(F)C(F)(F)C3(F)F)c(C)s2)cc1. The predicted molar refractivity (Wildman–Crippen MR) is 193 cm³/mol. The Kier molecular flexibility index (Phi) is 12.0. The normalized spacial score (nSPS) is 16.5. The topological polar surface area (TPSA) is 18.5 Å². The standard InChI is InChI=1S/C40H40F6O2S2/c1-5-7-8-9-10-11-21-48-25-29-14-18-31(19-15-29)35-23-33(27(4)50-35)37-36(38(41,42)40(45,46)39(37,43)44)32-22-34(49-26(32)3)30-16-12-28(13-17-30)24-47-20-6-2/h6,10-19,22-23H,2,5,7-9,20-21,24-25H2,1,3-4H3/b11-10+. The Morgan fingerprint density at radius 1 is 0.660 bits per heavy atom. The highest BCUT2D eigenvalue weighted by Crippen LogP contribution is 2.66. The van der Waals surface area contributed by atoms with Gasteiger partial charge in [0.1, 0.15) is 0 Å². The van der Waals surface area contributed by atoms with Gasteiger partial charge in [-0.1, -0.05) is 86.5 Å². The molecule has 2 aromatic carbocycles. The molecular weight excluding hydrogens is 691 g/mol. The lowest BCUT2D eigenvalue weighted by Crippen LogP contribution is -2.48. The van der Waals surface area contributed by atoms with Gasteiger partial charge in [0.25, 0.3) is 0 Å². The van der Waals surface area contributed by atoms with Gasteiger partial charge in [0.05, 0.1) is 26.4 Å². The summed E-state index contributed by atoms with van der Waals surface area (Å²) in [6.45, 7) is 10.3. The lowest BCUT2D eigenvalue weighted by atomic mass is 9.94. The Bertz CT molecular complexity index is 1830. The quantitative estimate of drug-likeness (QED) is 0.0649. The molecule has 0 amide bonds. The van der Waals surface area contributed by atoms with Crippen LogP contribution in [0.4, 0.5) is 26.3 Å². The zero-order chi connectivity index (χ0) is 36.1. The van der Waals surface area contributed by atoms with E-state index in [1.54, 1.807) is 42.5 Å². The van der Waals surface area contributed by atoms with Crippen LogP contribution in [0.2, 0.25) is 0 Å². The van der Waals surface area contributed by atoms with Gasteiger partial charge >= 0.3 is 17.8 Å². The minimum Gasteiger partial charge on any atom is -0.373 e. The van der Waals surface area contributed by atoms with Crippen molar-refractivity contribution in [3.8, 4) is 20.9 Å². The second-order valence-corrected chi connectivity index (χ2v) is 14.8. The van der Waals surface area contributed by atoms with Gasteiger partial charge in [-0.05, 0) is 72.2 Å². The van der Waals surface area contributed by atoms with Gasteiger partial charge in [0.15, 0.2) is 0 Å².